The Bertz CT molecular complexity index is 419. The van der Waals surface area contributed by atoms with Gasteiger partial charge in [0.15, 0.2) is 0 Å². The molecule has 1 aromatic heterocycles. The Balaban J connectivity index is 2.63. The zero-order valence-corrected chi connectivity index (χ0v) is 12.6. The molecule has 0 saturated carbocycles. The van der Waals surface area contributed by atoms with Gasteiger partial charge in [-0.2, -0.15) is 0 Å². The van der Waals surface area contributed by atoms with Gasteiger partial charge in [0.2, 0.25) is 0 Å². The molecule has 0 fully saturated rings. The lowest BCUT2D eigenvalue weighted by molar-refractivity contribution is -0.889. The number of hydrogen-bond donors (Lipinski definition) is 3. The van der Waals surface area contributed by atoms with Crippen molar-refractivity contribution in [3.63, 3.8) is 0 Å². The van der Waals surface area contributed by atoms with E-state index in [2.05, 4.69) is 29.4 Å². The standard InChI is InChI=1S/C14H26N5O/c1-16-13(12-6-4-5-7-17-12)14(15)18-8-9-19(2,3)10-11-20/h4-7,13,16,20H,8-11H2,1-3H3,(H2,15,18)/q+1. The Labute approximate surface area is 120 Å². The van der Waals surface area contributed by atoms with Crippen molar-refractivity contribution in [3.05, 3.63) is 30.1 Å². The summed E-state index contributed by atoms with van der Waals surface area (Å²) in [5, 5.41) is 12.1. The molecule has 20 heavy (non-hydrogen) atoms. The van der Waals surface area contributed by atoms with Crippen LogP contribution in [0, 0.1) is 0 Å². The highest BCUT2D eigenvalue weighted by atomic mass is 16.3. The fourth-order valence-electron chi connectivity index (χ4n) is 1.92. The molecule has 0 saturated heterocycles. The van der Waals surface area contributed by atoms with Crippen molar-refractivity contribution < 1.29 is 9.59 Å². The minimum absolute atomic E-state index is 0.162. The molecule has 0 aliphatic rings. The maximum absolute atomic E-state index is 8.99. The van der Waals surface area contributed by atoms with E-state index in [0.29, 0.717) is 18.9 Å². The van der Waals surface area contributed by atoms with E-state index in [9.17, 15) is 0 Å². The zero-order chi connectivity index (χ0) is 15.0. The average molecular weight is 280 g/mol. The van der Waals surface area contributed by atoms with E-state index in [-0.39, 0.29) is 12.6 Å². The molecule has 1 atom stereocenters. The molecule has 0 spiro atoms. The van der Waals surface area contributed by atoms with Gasteiger partial charge < -0.3 is 20.6 Å². The summed E-state index contributed by atoms with van der Waals surface area (Å²) < 4.78 is 0.723. The van der Waals surface area contributed by atoms with E-state index in [1.807, 2.05) is 25.2 Å². The van der Waals surface area contributed by atoms with Gasteiger partial charge in [0.05, 0.1) is 39.5 Å². The fraction of sp³-hybridized carbons (Fsp3) is 0.571. The largest absolute Gasteiger partial charge is 0.391 e. The van der Waals surface area contributed by atoms with Crippen molar-refractivity contribution in [2.75, 3.05) is 47.4 Å². The van der Waals surface area contributed by atoms with Gasteiger partial charge in [-0.3, -0.25) is 9.98 Å². The highest BCUT2D eigenvalue weighted by Gasteiger charge is 2.16. The third-order valence-electron chi connectivity index (χ3n) is 3.27. The number of aliphatic hydroxyl groups excluding tert-OH is 1. The molecule has 1 rings (SSSR count). The third kappa shape index (κ3) is 5.24. The maximum atomic E-state index is 8.99. The number of amidine groups is 1. The molecule has 112 valence electrons. The predicted molar refractivity (Wildman–Crippen MR) is 81.5 cm³/mol. The number of aliphatic imine (C=N–C) groups is 1. The molecular formula is C14H26N5O+. The van der Waals surface area contributed by atoms with Crippen LogP contribution in [0.3, 0.4) is 0 Å². The quantitative estimate of drug-likeness (QED) is 0.349. The van der Waals surface area contributed by atoms with Gasteiger partial charge in [-0.1, -0.05) is 6.07 Å². The first kappa shape index (κ1) is 16.6. The molecule has 0 aliphatic heterocycles. The third-order valence-corrected chi connectivity index (χ3v) is 3.27. The van der Waals surface area contributed by atoms with Crippen molar-refractivity contribution in [2.24, 2.45) is 10.7 Å². The van der Waals surface area contributed by atoms with Crippen molar-refractivity contribution in [1.82, 2.24) is 10.3 Å². The van der Waals surface area contributed by atoms with Crippen LogP contribution in [0.15, 0.2) is 29.4 Å². The van der Waals surface area contributed by atoms with Crippen LogP contribution in [0.2, 0.25) is 0 Å². The minimum Gasteiger partial charge on any atom is -0.391 e. The predicted octanol–water partition coefficient (Wildman–Crippen LogP) is -0.232. The number of nitrogens with zero attached hydrogens (tertiary/aromatic N) is 3. The fourth-order valence-corrected chi connectivity index (χ4v) is 1.92. The SMILES string of the molecule is CNC(C(N)=NCC[N+](C)(C)CCO)c1ccccn1. The van der Waals surface area contributed by atoms with Crippen LogP contribution in [0.1, 0.15) is 11.7 Å². The second-order valence-electron chi connectivity index (χ2n) is 5.39. The van der Waals surface area contributed by atoms with Gasteiger partial charge in [-0.15, -0.1) is 0 Å². The van der Waals surface area contributed by atoms with Crippen LogP contribution in [0.4, 0.5) is 0 Å². The second kappa shape index (κ2) is 7.94. The Morgan fingerprint density at radius 2 is 2.20 bits per heavy atom. The summed E-state index contributed by atoms with van der Waals surface area (Å²) in [4.78, 5) is 8.73. The lowest BCUT2D eigenvalue weighted by atomic mass is 10.1. The number of pyridine rings is 1. The van der Waals surface area contributed by atoms with E-state index in [1.165, 1.54) is 0 Å². The molecule has 1 heterocycles. The molecule has 4 N–H and O–H groups in total. The van der Waals surface area contributed by atoms with Crippen molar-refractivity contribution >= 4 is 5.84 Å². The number of hydrogen-bond acceptors (Lipinski definition) is 4. The highest BCUT2D eigenvalue weighted by molar-refractivity contribution is 5.86. The minimum atomic E-state index is -0.162. The number of quaternary nitrogens is 1. The van der Waals surface area contributed by atoms with E-state index in [4.69, 9.17) is 10.8 Å². The van der Waals surface area contributed by atoms with Crippen LogP contribution < -0.4 is 11.1 Å². The Hall–Kier alpha value is -1.50. The number of likely N-dealkylation sites (N-methyl/N-ethyl adjacent to an activating group) is 2. The Kier molecular flexibility index (Phi) is 6.57. The average Bonchev–Trinajstić information content (AvgIpc) is 2.40. The van der Waals surface area contributed by atoms with Crippen LogP contribution in [-0.4, -0.2) is 67.8 Å². The lowest BCUT2D eigenvalue weighted by Crippen LogP contribution is -2.44. The van der Waals surface area contributed by atoms with Crippen LogP contribution in [0.5, 0.6) is 0 Å². The smallest absolute Gasteiger partial charge is 0.117 e. The summed E-state index contributed by atoms with van der Waals surface area (Å²) in [6.45, 7) is 2.36. The lowest BCUT2D eigenvalue weighted by Gasteiger charge is -2.28. The molecule has 0 amide bonds. The summed E-state index contributed by atoms with van der Waals surface area (Å²) in [6, 6.07) is 5.57. The molecule has 6 heteroatoms. The summed E-state index contributed by atoms with van der Waals surface area (Å²) >= 11 is 0. The first-order chi connectivity index (χ1) is 9.50. The molecule has 1 aromatic rings. The molecule has 0 aliphatic carbocycles. The topological polar surface area (TPSA) is 83.5 Å². The normalized spacial score (nSPS) is 14.3. The Morgan fingerprint density at radius 3 is 2.75 bits per heavy atom. The van der Waals surface area contributed by atoms with Crippen LogP contribution in [0.25, 0.3) is 0 Å². The number of aliphatic hydroxyl groups is 1. The summed E-state index contributed by atoms with van der Waals surface area (Å²) in [5.74, 6) is 0.537. The van der Waals surface area contributed by atoms with Crippen LogP contribution >= 0.6 is 0 Å². The summed E-state index contributed by atoms with van der Waals surface area (Å²) in [7, 11) is 5.97. The maximum Gasteiger partial charge on any atom is 0.117 e. The van der Waals surface area contributed by atoms with Crippen molar-refractivity contribution in [1.29, 1.82) is 0 Å². The molecule has 1 unspecified atom stereocenters. The van der Waals surface area contributed by atoms with Crippen molar-refractivity contribution in [2.45, 2.75) is 6.04 Å². The first-order valence-corrected chi connectivity index (χ1v) is 6.81. The van der Waals surface area contributed by atoms with Gasteiger partial charge in [-0.05, 0) is 19.2 Å². The van der Waals surface area contributed by atoms with Crippen molar-refractivity contribution in [3.8, 4) is 0 Å². The van der Waals surface area contributed by atoms with E-state index < -0.39 is 0 Å². The molecule has 0 aromatic carbocycles. The summed E-state index contributed by atoms with van der Waals surface area (Å²) in [6.07, 6.45) is 1.74. The number of nitrogens with one attached hydrogen (secondary N) is 1. The van der Waals surface area contributed by atoms with Gasteiger partial charge in [0, 0.05) is 6.20 Å². The molecular weight excluding hydrogens is 254 g/mol. The molecule has 0 radical (unpaired) electrons. The second-order valence-corrected chi connectivity index (χ2v) is 5.39. The highest BCUT2D eigenvalue weighted by Crippen LogP contribution is 2.08. The van der Waals surface area contributed by atoms with Gasteiger partial charge >= 0.3 is 0 Å². The monoisotopic (exact) mass is 280 g/mol. The van der Waals surface area contributed by atoms with E-state index in [0.717, 1.165) is 16.7 Å². The zero-order valence-electron chi connectivity index (χ0n) is 12.6. The van der Waals surface area contributed by atoms with Gasteiger partial charge in [-0.25, -0.2) is 0 Å². The Morgan fingerprint density at radius 1 is 1.45 bits per heavy atom. The summed E-state index contributed by atoms with van der Waals surface area (Å²) in [5.41, 5.74) is 6.92. The molecule has 6 nitrogen and oxygen atoms in total. The van der Waals surface area contributed by atoms with Gasteiger partial charge in [0.25, 0.3) is 0 Å². The number of rotatable bonds is 8. The molecule has 0 bridgehead atoms. The number of nitrogens with two attached hydrogens (primary N) is 1. The van der Waals surface area contributed by atoms with Gasteiger partial charge in [0.1, 0.15) is 18.4 Å². The van der Waals surface area contributed by atoms with E-state index >= 15 is 0 Å². The number of aromatic nitrogens is 1. The van der Waals surface area contributed by atoms with Crippen LogP contribution in [-0.2, 0) is 0 Å². The first-order valence-electron chi connectivity index (χ1n) is 6.81. The van der Waals surface area contributed by atoms with E-state index in [1.54, 1.807) is 6.20 Å².